The van der Waals surface area contributed by atoms with E-state index in [1.807, 2.05) is 26.0 Å². The van der Waals surface area contributed by atoms with Gasteiger partial charge in [0.15, 0.2) is 0 Å². The lowest BCUT2D eigenvalue weighted by Gasteiger charge is -2.23. The van der Waals surface area contributed by atoms with Gasteiger partial charge in [-0.3, -0.25) is 9.10 Å². The SMILES string of the molecule is Cc1ccc(N(Cc2ccc(C(=O)Nc3ccc(Cl)cc3)cc2)S(C)(=O)=O)cc1C. The summed E-state index contributed by atoms with van der Waals surface area (Å²) in [6, 6.07) is 19.3. The third kappa shape index (κ3) is 5.40. The largest absolute Gasteiger partial charge is 0.322 e. The summed E-state index contributed by atoms with van der Waals surface area (Å²) in [7, 11) is -3.47. The quantitative estimate of drug-likeness (QED) is 0.572. The second-order valence-electron chi connectivity index (χ2n) is 7.20. The van der Waals surface area contributed by atoms with Gasteiger partial charge in [-0.05, 0) is 79.1 Å². The van der Waals surface area contributed by atoms with Crippen LogP contribution in [0.5, 0.6) is 0 Å². The van der Waals surface area contributed by atoms with E-state index in [0.717, 1.165) is 16.7 Å². The number of sulfonamides is 1. The summed E-state index contributed by atoms with van der Waals surface area (Å²) < 4.78 is 26.1. The van der Waals surface area contributed by atoms with Gasteiger partial charge in [-0.1, -0.05) is 29.8 Å². The lowest BCUT2D eigenvalue weighted by molar-refractivity contribution is 0.102. The molecule has 0 atom stereocenters. The Morgan fingerprint density at radius 2 is 1.57 bits per heavy atom. The van der Waals surface area contributed by atoms with E-state index >= 15 is 0 Å². The number of carbonyl (C=O) groups is 1. The van der Waals surface area contributed by atoms with Gasteiger partial charge >= 0.3 is 0 Å². The Balaban J connectivity index is 1.77. The molecule has 156 valence electrons. The van der Waals surface area contributed by atoms with Gasteiger partial charge in [-0.2, -0.15) is 0 Å². The number of rotatable bonds is 6. The fraction of sp³-hybridized carbons (Fsp3) is 0.174. The Hall–Kier alpha value is -2.83. The van der Waals surface area contributed by atoms with Crippen molar-refractivity contribution in [1.82, 2.24) is 0 Å². The summed E-state index contributed by atoms with van der Waals surface area (Å²) in [6.07, 6.45) is 1.19. The van der Waals surface area contributed by atoms with E-state index in [2.05, 4.69) is 5.32 Å². The average Bonchev–Trinajstić information content (AvgIpc) is 2.69. The predicted molar refractivity (Wildman–Crippen MR) is 123 cm³/mol. The summed E-state index contributed by atoms with van der Waals surface area (Å²) in [5.74, 6) is -0.252. The molecule has 0 radical (unpaired) electrons. The second kappa shape index (κ2) is 8.90. The van der Waals surface area contributed by atoms with Crippen LogP contribution in [0.4, 0.5) is 11.4 Å². The molecule has 0 aromatic heterocycles. The van der Waals surface area contributed by atoms with E-state index in [0.29, 0.717) is 22.0 Å². The third-order valence-electron chi connectivity index (χ3n) is 4.82. The number of hydrogen-bond acceptors (Lipinski definition) is 3. The maximum Gasteiger partial charge on any atom is 0.255 e. The lowest BCUT2D eigenvalue weighted by Crippen LogP contribution is -2.29. The number of aryl methyl sites for hydroxylation is 2. The van der Waals surface area contributed by atoms with Crippen LogP contribution >= 0.6 is 11.6 Å². The molecule has 0 bridgehead atoms. The molecule has 3 aromatic rings. The van der Waals surface area contributed by atoms with Crippen LogP contribution in [0.25, 0.3) is 0 Å². The first-order valence-electron chi connectivity index (χ1n) is 9.34. The summed E-state index contributed by atoms with van der Waals surface area (Å²) in [5, 5.41) is 3.40. The molecule has 0 saturated carbocycles. The number of benzene rings is 3. The van der Waals surface area contributed by atoms with Gasteiger partial charge in [0.2, 0.25) is 10.0 Å². The number of amides is 1. The number of anilines is 2. The minimum Gasteiger partial charge on any atom is -0.322 e. The van der Waals surface area contributed by atoms with Gasteiger partial charge in [-0.25, -0.2) is 8.42 Å². The molecule has 0 aliphatic heterocycles. The van der Waals surface area contributed by atoms with Crippen LogP contribution in [0.3, 0.4) is 0 Å². The van der Waals surface area contributed by atoms with Crippen molar-refractivity contribution in [3.05, 3.63) is 94.0 Å². The zero-order valence-corrected chi connectivity index (χ0v) is 18.6. The number of hydrogen-bond donors (Lipinski definition) is 1. The molecular formula is C23H23ClN2O3S. The summed E-state index contributed by atoms with van der Waals surface area (Å²) in [6.45, 7) is 4.12. The van der Waals surface area contributed by atoms with Crippen molar-refractivity contribution in [2.24, 2.45) is 0 Å². The highest BCUT2D eigenvalue weighted by Crippen LogP contribution is 2.24. The minimum absolute atomic E-state index is 0.181. The minimum atomic E-state index is -3.47. The Kier molecular flexibility index (Phi) is 6.48. The monoisotopic (exact) mass is 442 g/mol. The van der Waals surface area contributed by atoms with Crippen LogP contribution in [-0.4, -0.2) is 20.6 Å². The summed E-state index contributed by atoms with van der Waals surface area (Å²) in [5.41, 5.74) is 4.64. The van der Waals surface area contributed by atoms with Gasteiger partial charge in [0.25, 0.3) is 5.91 Å². The second-order valence-corrected chi connectivity index (χ2v) is 9.54. The highest BCUT2D eigenvalue weighted by molar-refractivity contribution is 7.92. The molecule has 1 amide bonds. The van der Waals surface area contributed by atoms with Crippen molar-refractivity contribution in [1.29, 1.82) is 0 Å². The molecule has 3 rings (SSSR count). The number of nitrogens with one attached hydrogen (secondary N) is 1. The van der Waals surface area contributed by atoms with Crippen LogP contribution in [0.1, 0.15) is 27.0 Å². The maximum absolute atomic E-state index is 12.4. The van der Waals surface area contributed by atoms with Crippen LogP contribution in [0.2, 0.25) is 5.02 Å². The van der Waals surface area contributed by atoms with Gasteiger partial charge in [0.1, 0.15) is 0 Å². The molecule has 0 fully saturated rings. The van der Waals surface area contributed by atoms with Crippen molar-refractivity contribution in [2.45, 2.75) is 20.4 Å². The standard InChI is InChI=1S/C23H23ClN2O3S/c1-16-4-13-22(14-17(16)2)26(30(3,28)29)15-18-5-7-19(8-6-18)23(27)25-21-11-9-20(24)10-12-21/h4-14H,15H2,1-3H3,(H,25,27). The third-order valence-corrected chi connectivity index (χ3v) is 6.22. The van der Waals surface area contributed by atoms with Crippen molar-refractivity contribution >= 4 is 38.9 Å². The number of halogens is 1. The molecule has 0 spiro atoms. The molecule has 0 aliphatic carbocycles. The molecule has 0 saturated heterocycles. The van der Waals surface area contributed by atoms with Gasteiger partial charge < -0.3 is 5.32 Å². The summed E-state index contributed by atoms with van der Waals surface area (Å²) in [4.78, 5) is 12.4. The molecule has 3 aromatic carbocycles. The lowest BCUT2D eigenvalue weighted by atomic mass is 10.1. The highest BCUT2D eigenvalue weighted by atomic mass is 35.5. The number of carbonyl (C=O) groups excluding carboxylic acids is 1. The van der Waals surface area contributed by atoms with Crippen molar-refractivity contribution in [2.75, 3.05) is 15.9 Å². The highest BCUT2D eigenvalue weighted by Gasteiger charge is 2.18. The zero-order valence-electron chi connectivity index (χ0n) is 17.0. The van der Waals surface area contributed by atoms with E-state index < -0.39 is 10.0 Å². The Labute approximate surface area is 182 Å². The molecule has 0 unspecified atom stereocenters. The van der Waals surface area contributed by atoms with Gasteiger partial charge in [0, 0.05) is 16.3 Å². The topological polar surface area (TPSA) is 66.5 Å². The van der Waals surface area contributed by atoms with E-state index in [-0.39, 0.29) is 12.5 Å². The van der Waals surface area contributed by atoms with Crippen LogP contribution in [0, 0.1) is 13.8 Å². The van der Waals surface area contributed by atoms with E-state index in [1.54, 1.807) is 54.6 Å². The van der Waals surface area contributed by atoms with Crippen molar-refractivity contribution < 1.29 is 13.2 Å². The average molecular weight is 443 g/mol. The molecule has 0 heterocycles. The van der Waals surface area contributed by atoms with E-state index in [1.165, 1.54) is 10.6 Å². The van der Waals surface area contributed by atoms with Crippen LogP contribution in [0.15, 0.2) is 66.7 Å². The van der Waals surface area contributed by atoms with Crippen molar-refractivity contribution in [3.63, 3.8) is 0 Å². The van der Waals surface area contributed by atoms with E-state index in [4.69, 9.17) is 11.6 Å². The normalized spacial score (nSPS) is 11.2. The zero-order chi connectivity index (χ0) is 21.9. The van der Waals surface area contributed by atoms with Gasteiger partial charge in [-0.15, -0.1) is 0 Å². The van der Waals surface area contributed by atoms with Crippen LogP contribution in [-0.2, 0) is 16.6 Å². The van der Waals surface area contributed by atoms with Gasteiger partial charge in [0.05, 0.1) is 18.5 Å². The number of nitrogens with zero attached hydrogens (tertiary/aromatic N) is 1. The molecule has 0 aliphatic rings. The fourth-order valence-corrected chi connectivity index (χ4v) is 3.95. The first-order chi connectivity index (χ1) is 14.1. The maximum atomic E-state index is 12.4. The Morgan fingerprint density at radius 1 is 0.933 bits per heavy atom. The van der Waals surface area contributed by atoms with Crippen LogP contribution < -0.4 is 9.62 Å². The molecule has 30 heavy (non-hydrogen) atoms. The van der Waals surface area contributed by atoms with Crippen molar-refractivity contribution in [3.8, 4) is 0 Å². The Morgan fingerprint density at radius 3 is 2.13 bits per heavy atom. The smallest absolute Gasteiger partial charge is 0.255 e. The molecule has 7 heteroatoms. The summed E-state index contributed by atoms with van der Waals surface area (Å²) >= 11 is 5.86. The first kappa shape index (κ1) is 21.9. The molecule has 5 nitrogen and oxygen atoms in total. The van der Waals surface area contributed by atoms with E-state index in [9.17, 15) is 13.2 Å². The fourth-order valence-electron chi connectivity index (χ4n) is 2.94. The molecule has 1 N–H and O–H groups in total. The molecular weight excluding hydrogens is 420 g/mol. The first-order valence-corrected chi connectivity index (χ1v) is 11.6. The predicted octanol–water partition coefficient (Wildman–Crippen LogP) is 5.18. The Bertz CT molecular complexity index is 1160.